The molecule has 0 aromatic carbocycles. The normalized spacial score (nSPS) is 35.1. The molecule has 1 heterocycles. The number of carboxylic acid groups (broad SMARTS) is 1. The van der Waals surface area contributed by atoms with E-state index in [0.29, 0.717) is 25.9 Å². The summed E-state index contributed by atoms with van der Waals surface area (Å²) in [6, 6.07) is 0. The van der Waals surface area contributed by atoms with Gasteiger partial charge in [0.1, 0.15) is 0 Å². The van der Waals surface area contributed by atoms with Crippen LogP contribution in [0.25, 0.3) is 0 Å². The van der Waals surface area contributed by atoms with Gasteiger partial charge in [0, 0.05) is 19.0 Å². The van der Waals surface area contributed by atoms with Gasteiger partial charge in [0.15, 0.2) is 0 Å². The van der Waals surface area contributed by atoms with E-state index in [1.165, 1.54) is 0 Å². The third-order valence-corrected chi connectivity index (χ3v) is 5.24. The molecule has 0 aromatic heterocycles. The Hall–Kier alpha value is -1.85. The Morgan fingerprint density at radius 3 is 2.14 bits per heavy atom. The van der Waals surface area contributed by atoms with E-state index in [-0.39, 0.29) is 29.6 Å². The second-order valence-electron chi connectivity index (χ2n) is 6.34. The minimum atomic E-state index is -0.878. The number of nitrogens with two attached hydrogens (primary N) is 1. The van der Waals surface area contributed by atoms with Gasteiger partial charge in [0.25, 0.3) is 0 Å². The van der Waals surface area contributed by atoms with Crippen molar-refractivity contribution < 1.29 is 19.5 Å². The standard InChI is InChI=1S/C15H20N2O4/c16-13(18)8-3-5-17(6-4-8)14(19)11-9-1-2-10(7-9)12(11)15(20)21/h1-2,8-12H,3-7H2,(H2,16,18)(H,20,21)/t9-,10+,11-,12-/m0/s1. The van der Waals surface area contributed by atoms with Crippen LogP contribution >= 0.6 is 0 Å². The lowest BCUT2D eigenvalue weighted by Gasteiger charge is -2.35. The average Bonchev–Trinajstić information content (AvgIpc) is 3.07. The van der Waals surface area contributed by atoms with Crippen LogP contribution in [0.4, 0.5) is 0 Å². The molecule has 1 saturated carbocycles. The number of primary amides is 1. The van der Waals surface area contributed by atoms with Crippen molar-refractivity contribution in [2.75, 3.05) is 13.1 Å². The maximum absolute atomic E-state index is 12.7. The second kappa shape index (κ2) is 5.16. The van der Waals surface area contributed by atoms with Crippen LogP contribution < -0.4 is 5.73 Å². The lowest BCUT2D eigenvalue weighted by molar-refractivity contribution is -0.151. The Kier molecular flexibility index (Phi) is 3.47. The molecule has 2 bridgehead atoms. The summed E-state index contributed by atoms with van der Waals surface area (Å²) in [4.78, 5) is 37.0. The Morgan fingerprint density at radius 1 is 1.05 bits per heavy atom. The van der Waals surface area contributed by atoms with Gasteiger partial charge >= 0.3 is 5.97 Å². The molecule has 6 nitrogen and oxygen atoms in total. The first-order valence-electron chi connectivity index (χ1n) is 7.48. The van der Waals surface area contributed by atoms with Crippen molar-refractivity contribution in [2.24, 2.45) is 35.3 Å². The summed E-state index contributed by atoms with van der Waals surface area (Å²) >= 11 is 0. The maximum Gasteiger partial charge on any atom is 0.307 e. The molecule has 1 aliphatic heterocycles. The summed E-state index contributed by atoms with van der Waals surface area (Å²) in [6.45, 7) is 0.993. The first kappa shape index (κ1) is 14.1. The van der Waals surface area contributed by atoms with Crippen molar-refractivity contribution in [1.29, 1.82) is 0 Å². The molecular formula is C15H20N2O4. The van der Waals surface area contributed by atoms with Gasteiger partial charge in [0.05, 0.1) is 11.8 Å². The van der Waals surface area contributed by atoms with Gasteiger partial charge in [-0.15, -0.1) is 0 Å². The molecular weight excluding hydrogens is 272 g/mol. The number of piperidine rings is 1. The number of hydrogen-bond donors (Lipinski definition) is 2. The molecule has 0 radical (unpaired) electrons. The van der Waals surface area contributed by atoms with Crippen LogP contribution in [0.5, 0.6) is 0 Å². The highest BCUT2D eigenvalue weighted by Gasteiger charge is 2.52. The van der Waals surface area contributed by atoms with Gasteiger partial charge in [-0.1, -0.05) is 12.2 Å². The summed E-state index contributed by atoms with van der Waals surface area (Å²) in [6.07, 6.45) is 5.85. The topological polar surface area (TPSA) is 101 Å². The van der Waals surface area contributed by atoms with Gasteiger partial charge < -0.3 is 15.7 Å². The average molecular weight is 292 g/mol. The molecule has 3 N–H and O–H groups in total. The number of fused-ring (bicyclic) bond motifs is 2. The first-order valence-corrected chi connectivity index (χ1v) is 7.48. The molecule has 4 atom stereocenters. The van der Waals surface area contributed by atoms with E-state index in [2.05, 4.69) is 0 Å². The minimum absolute atomic E-state index is 0.00962. The summed E-state index contributed by atoms with van der Waals surface area (Å²) in [5, 5.41) is 9.40. The number of allylic oxidation sites excluding steroid dienone is 2. The molecule has 1 saturated heterocycles. The summed E-state index contributed by atoms with van der Waals surface area (Å²) in [5.74, 6) is -2.41. The molecule has 0 unspecified atom stereocenters. The number of nitrogens with zero attached hydrogens (tertiary/aromatic N) is 1. The molecule has 0 spiro atoms. The van der Waals surface area contributed by atoms with Crippen LogP contribution in [0, 0.1) is 29.6 Å². The Bertz CT molecular complexity index is 508. The van der Waals surface area contributed by atoms with Gasteiger partial charge in [-0.05, 0) is 31.1 Å². The third kappa shape index (κ3) is 2.32. The number of carbonyl (C=O) groups excluding carboxylic acids is 2. The van der Waals surface area contributed by atoms with E-state index in [4.69, 9.17) is 5.73 Å². The highest BCUT2D eigenvalue weighted by molar-refractivity contribution is 5.87. The summed E-state index contributed by atoms with van der Waals surface area (Å²) in [7, 11) is 0. The highest BCUT2D eigenvalue weighted by atomic mass is 16.4. The van der Waals surface area contributed by atoms with Crippen molar-refractivity contribution in [3.05, 3.63) is 12.2 Å². The van der Waals surface area contributed by atoms with Crippen LogP contribution in [0.3, 0.4) is 0 Å². The molecule has 2 fully saturated rings. The fourth-order valence-corrected chi connectivity index (χ4v) is 4.09. The van der Waals surface area contributed by atoms with Crippen LogP contribution in [0.15, 0.2) is 12.2 Å². The molecule has 3 rings (SSSR count). The monoisotopic (exact) mass is 292 g/mol. The SMILES string of the molecule is NC(=O)C1CCN(C(=O)[C@@H]2[C@@H](C(=O)O)[C@@H]3C=C[C@H]2C3)CC1. The van der Waals surface area contributed by atoms with E-state index in [0.717, 1.165) is 6.42 Å². The van der Waals surface area contributed by atoms with Crippen molar-refractivity contribution >= 4 is 17.8 Å². The Balaban J connectivity index is 1.70. The fourth-order valence-electron chi connectivity index (χ4n) is 4.09. The number of rotatable bonds is 3. The van der Waals surface area contributed by atoms with Gasteiger partial charge in [-0.25, -0.2) is 0 Å². The molecule has 3 aliphatic rings. The molecule has 114 valence electrons. The third-order valence-electron chi connectivity index (χ3n) is 5.24. The maximum atomic E-state index is 12.7. The minimum Gasteiger partial charge on any atom is -0.481 e. The van der Waals surface area contributed by atoms with Crippen molar-refractivity contribution in [3.8, 4) is 0 Å². The smallest absolute Gasteiger partial charge is 0.307 e. The summed E-state index contributed by atoms with van der Waals surface area (Å²) in [5.41, 5.74) is 5.29. The first-order chi connectivity index (χ1) is 9.99. The molecule has 0 aromatic rings. The van der Waals surface area contributed by atoms with E-state index in [9.17, 15) is 19.5 Å². The highest BCUT2D eigenvalue weighted by Crippen LogP contribution is 2.49. The van der Waals surface area contributed by atoms with Gasteiger partial charge in [0.2, 0.25) is 11.8 Å². The van der Waals surface area contributed by atoms with E-state index in [1.807, 2.05) is 12.2 Å². The van der Waals surface area contributed by atoms with Crippen LogP contribution in [0.2, 0.25) is 0 Å². The summed E-state index contributed by atoms with van der Waals surface area (Å²) < 4.78 is 0. The molecule has 6 heteroatoms. The van der Waals surface area contributed by atoms with E-state index in [1.54, 1.807) is 4.90 Å². The van der Waals surface area contributed by atoms with Crippen LogP contribution in [0.1, 0.15) is 19.3 Å². The number of likely N-dealkylation sites (tertiary alicyclic amines) is 1. The lowest BCUT2D eigenvalue weighted by atomic mass is 9.81. The number of aliphatic carboxylic acids is 1. The van der Waals surface area contributed by atoms with Crippen molar-refractivity contribution in [2.45, 2.75) is 19.3 Å². The van der Waals surface area contributed by atoms with E-state index >= 15 is 0 Å². The zero-order valence-electron chi connectivity index (χ0n) is 11.8. The van der Waals surface area contributed by atoms with Crippen LogP contribution in [-0.2, 0) is 14.4 Å². The number of carbonyl (C=O) groups is 3. The Labute approximate surface area is 123 Å². The predicted molar refractivity (Wildman–Crippen MR) is 73.9 cm³/mol. The zero-order chi connectivity index (χ0) is 15.1. The van der Waals surface area contributed by atoms with Gasteiger partial charge in [-0.3, -0.25) is 14.4 Å². The second-order valence-corrected chi connectivity index (χ2v) is 6.34. The predicted octanol–water partition coefficient (Wildman–Crippen LogP) is 0.233. The number of carboxylic acids is 1. The molecule has 21 heavy (non-hydrogen) atoms. The van der Waals surface area contributed by atoms with Gasteiger partial charge in [-0.2, -0.15) is 0 Å². The lowest BCUT2D eigenvalue weighted by Crippen LogP contribution is -2.47. The largest absolute Gasteiger partial charge is 0.481 e. The van der Waals surface area contributed by atoms with Crippen molar-refractivity contribution in [1.82, 2.24) is 4.90 Å². The molecule has 2 aliphatic carbocycles. The quantitative estimate of drug-likeness (QED) is 0.727. The Morgan fingerprint density at radius 2 is 1.62 bits per heavy atom. The molecule has 2 amide bonds. The van der Waals surface area contributed by atoms with E-state index < -0.39 is 17.8 Å². The fraction of sp³-hybridized carbons (Fsp3) is 0.667. The zero-order valence-corrected chi connectivity index (χ0v) is 11.8. The van der Waals surface area contributed by atoms with Crippen molar-refractivity contribution in [3.63, 3.8) is 0 Å². The number of hydrogen-bond acceptors (Lipinski definition) is 3. The van der Waals surface area contributed by atoms with Crippen LogP contribution in [-0.4, -0.2) is 40.9 Å². The number of amides is 2.